The molecule has 1 amide bonds. The molecule has 0 aliphatic carbocycles. The maximum Gasteiger partial charge on any atom is 0.246 e. The molecule has 5 nitrogen and oxygen atoms in total. The Morgan fingerprint density at radius 1 is 1.43 bits per heavy atom. The highest BCUT2D eigenvalue weighted by atomic mass is 79.9. The minimum Gasteiger partial charge on any atom is -0.395 e. The van der Waals surface area contributed by atoms with Crippen molar-refractivity contribution in [3.05, 3.63) is 22.2 Å². The van der Waals surface area contributed by atoms with Crippen LogP contribution in [-0.4, -0.2) is 37.3 Å². The highest BCUT2D eigenvalue weighted by molar-refractivity contribution is 9.10. The van der Waals surface area contributed by atoms with Crippen LogP contribution in [-0.2, 0) is 4.79 Å². The Bertz CT molecular complexity index is 522. The first-order valence-electron chi connectivity index (χ1n) is 7.35. The fourth-order valence-electron chi connectivity index (χ4n) is 2.57. The summed E-state index contributed by atoms with van der Waals surface area (Å²) >= 11 is 3.59. The lowest BCUT2D eigenvalue weighted by molar-refractivity contribution is -0.117. The molecule has 1 aliphatic heterocycles. The molecule has 1 aliphatic rings. The summed E-state index contributed by atoms with van der Waals surface area (Å²) in [6.07, 6.45) is 0.985. The monoisotopic (exact) mass is 355 g/mol. The van der Waals surface area contributed by atoms with E-state index in [2.05, 4.69) is 38.4 Å². The van der Waals surface area contributed by atoms with Crippen LogP contribution in [0.4, 0.5) is 11.4 Å². The van der Waals surface area contributed by atoms with Crippen LogP contribution >= 0.6 is 15.9 Å². The summed E-state index contributed by atoms with van der Waals surface area (Å²) < 4.78 is 0.941. The molecule has 0 aromatic heterocycles. The van der Waals surface area contributed by atoms with Crippen LogP contribution in [0.2, 0.25) is 0 Å². The number of nitrogens with one attached hydrogen (secondary N) is 2. The van der Waals surface area contributed by atoms with Crippen LogP contribution in [0.1, 0.15) is 31.9 Å². The lowest BCUT2D eigenvalue weighted by Crippen LogP contribution is -2.28. The van der Waals surface area contributed by atoms with Crippen molar-refractivity contribution in [2.45, 2.75) is 26.3 Å². The minimum atomic E-state index is -0.279. The smallest absolute Gasteiger partial charge is 0.246 e. The fourth-order valence-corrected chi connectivity index (χ4v) is 3.19. The number of anilines is 2. The highest BCUT2D eigenvalue weighted by Crippen LogP contribution is 2.39. The van der Waals surface area contributed by atoms with E-state index < -0.39 is 0 Å². The number of hydrogen-bond donors (Lipinski definition) is 3. The van der Waals surface area contributed by atoms with Crippen molar-refractivity contribution in [1.82, 2.24) is 5.32 Å². The molecule has 0 bridgehead atoms. The zero-order chi connectivity index (χ0) is 15.4. The topological polar surface area (TPSA) is 64.6 Å². The molecule has 0 radical (unpaired) electrons. The van der Waals surface area contributed by atoms with Gasteiger partial charge in [-0.1, -0.05) is 6.92 Å². The molecule has 0 saturated heterocycles. The molecule has 1 heterocycles. The van der Waals surface area contributed by atoms with Gasteiger partial charge >= 0.3 is 0 Å². The first-order chi connectivity index (χ1) is 10.1. The molecule has 21 heavy (non-hydrogen) atoms. The number of aliphatic hydroxyl groups is 1. The van der Waals surface area contributed by atoms with E-state index in [1.54, 1.807) is 0 Å². The lowest BCUT2D eigenvalue weighted by atomic mass is 10.1. The average molecular weight is 356 g/mol. The van der Waals surface area contributed by atoms with Crippen molar-refractivity contribution in [1.29, 1.82) is 0 Å². The summed E-state index contributed by atoms with van der Waals surface area (Å²) in [6.45, 7) is 6.39. The Morgan fingerprint density at radius 2 is 2.19 bits per heavy atom. The van der Waals surface area contributed by atoms with Crippen LogP contribution in [0.3, 0.4) is 0 Å². The number of nitrogens with zero attached hydrogens (tertiary/aromatic N) is 1. The minimum absolute atomic E-state index is 0.00675. The third kappa shape index (κ3) is 3.39. The number of likely N-dealkylation sites (N-methyl/N-ethyl adjacent to an activating group) is 1. The Hall–Kier alpha value is -1.11. The van der Waals surface area contributed by atoms with Crippen LogP contribution in [0, 0.1) is 0 Å². The number of aliphatic hydroxyl groups excluding tert-OH is 1. The average Bonchev–Trinajstić information content (AvgIpc) is 2.77. The van der Waals surface area contributed by atoms with E-state index in [-0.39, 0.29) is 18.6 Å². The van der Waals surface area contributed by atoms with Crippen molar-refractivity contribution >= 4 is 33.2 Å². The number of halogens is 1. The summed E-state index contributed by atoms with van der Waals surface area (Å²) in [7, 11) is 0. The van der Waals surface area contributed by atoms with Crippen LogP contribution in [0.15, 0.2) is 16.6 Å². The third-order valence-corrected chi connectivity index (χ3v) is 4.28. The molecule has 1 unspecified atom stereocenters. The molecule has 0 saturated carbocycles. The van der Waals surface area contributed by atoms with Crippen LogP contribution in [0.25, 0.3) is 0 Å². The molecule has 1 aromatic carbocycles. The van der Waals surface area contributed by atoms with Crippen LogP contribution in [0.5, 0.6) is 0 Å². The fraction of sp³-hybridized carbons (Fsp3) is 0.533. The quantitative estimate of drug-likeness (QED) is 0.701. The predicted octanol–water partition coefficient (Wildman–Crippen LogP) is 2.26. The highest BCUT2D eigenvalue weighted by Gasteiger charge is 2.31. The number of hydrogen-bond acceptors (Lipinski definition) is 4. The molecule has 0 spiro atoms. The Morgan fingerprint density at radius 3 is 2.81 bits per heavy atom. The van der Waals surface area contributed by atoms with Gasteiger partial charge < -0.3 is 20.6 Å². The molecule has 1 atom stereocenters. The van der Waals surface area contributed by atoms with Gasteiger partial charge in [0.15, 0.2) is 0 Å². The summed E-state index contributed by atoms with van der Waals surface area (Å²) in [4.78, 5) is 14.2. The number of benzene rings is 1. The van der Waals surface area contributed by atoms with Gasteiger partial charge in [-0.25, -0.2) is 0 Å². The van der Waals surface area contributed by atoms with Gasteiger partial charge in [-0.05, 0) is 48.0 Å². The van der Waals surface area contributed by atoms with E-state index in [4.69, 9.17) is 5.11 Å². The Balaban J connectivity index is 2.32. The number of carbonyl (C=O) groups is 1. The second-order valence-corrected chi connectivity index (χ2v) is 5.92. The van der Waals surface area contributed by atoms with E-state index >= 15 is 0 Å². The normalized spacial score (nSPS) is 16.8. The van der Waals surface area contributed by atoms with Gasteiger partial charge in [-0.3, -0.25) is 4.79 Å². The number of rotatable bonds is 7. The molecule has 0 fully saturated rings. The first kappa shape index (κ1) is 16.3. The second-order valence-electron chi connectivity index (χ2n) is 5.07. The van der Waals surface area contributed by atoms with Gasteiger partial charge in [-0.15, -0.1) is 0 Å². The standard InChI is InChI=1S/C15H22BrN3O2/c1-3-5-17-14-10-8-11(16)13(19(4-2)6-7-20)9-12(10)18-15(14)21/h8-9,14,17,20H,3-7H2,1-2H3,(H,18,21). The van der Waals surface area contributed by atoms with Gasteiger partial charge in [-0.2, -0.15) is 0 Å². The SMILES string of the molecule is CCCNC1C(=O)Nc2cc(N(CC)CCO)c(Br)cc21. The maximum absolute atomic E-state index is 12.1. The third-order valence-electron chi connectivity index (χ3n) is 3.64. The van der Waals surface area contributed by atoms with E-state index in [0.717, 1.165) is 40.9 Å². The van der Waals surface area contributed by atoms with E-state index in [0.29, 0.717) is 6.54 Å². The molecule has 3 N–H and O–H groups in total. The summed E-state index contributed by atoms with van der Waals surface area (Å²) in [5, 5.41) is 15.4. The summed E-state index contributed by atoms with van der Waals surface area (Å²) in [5.41, 5.74) is 2.81. The molecule has 2 rings (SSSR count). The summed E-state index contributed by atoms with van der Waals surface area (Å²) in [6, 6.07) is 3.69. The van der Waals surface area contributed by atoms with Gasteiger partial charge in [0.1, 0.15) is 6.04 Å². The zero-order valence-electron chi connectivity index (χ0n) is 12.4. The van der Waals surface area contributed by atoms with Crippen molar-refractivity contribution in [2.24, 2.45) is 0 Å². The molecule has 6 heteroatoms. The van der Waals surface area contributed by atoms with Gasteiger partial charge in [0.05, 0.1) is 12.3 Å². The van der Waals surface area contributed by atoms with Gasteiger partial charge in [0.25, 0.3) is 0 Å². The molecular weight excluding hydrogens is 334 g/mol. The predicted molar refractivity (Wildman–Crippen MR) is 88.8 cm³/mol. The molecule has 116 valence electrons. The zero-order valence-corrected chi connectivity index (χ0v) is 14.0. The Kier molecular flexibility index (Phi) is 5.61. The van der Waals surface area contributed by atoms with E-state index in [1.807, 2.05) is 19.1 Å². The molecular formula is C15H22BrN3O2. The van der Waals surface area contributed by atoms with Crippen molar-refractivity contribution in [3.63, 3.8) is 0 Å². The van der Waals surface area contributed by atoms with Crippen molar-refractivity contribution in [3.8, 4) is 0 Å². The Labute approximate surface area is 133 Å². The molecule has 1 aromatic rings. The number of carbonyl (C=O) groups excluding carboxylic acids is 1. The number of fused-ring (bicyclic) bond motifs is 1. The van der Waals surface area contributed by atoms with Gasteiger partial charge in [0, 0.05) is 28.8 Å². The van der Waals surface area contributed by atoms with Crippen LogP contribution < -0.4 is 15.5 Å². The van der Waals surface area contributed by atoms with Crippen molar-refractivity contribution < 1.29 is 9.90 Å². The maximum atomic E-state index is 12.1. The largest absolute Gasteiger partial charge is 0.395 e. The van der Waals surface area contributed by atoms with Crippen molar-refractivity contribution in [2.75, 3.05) is 36.5 Å². The van der Waals surface area contributed by atoms with Gasteiger partial charge in [0.2, 0.25) is 5.91 Å². The number of amides is 1. The lowest BCUT2D eigenvalue weighted by Gasteiger charge is -2.24. The first-order valence-corrected chi connectivity index (χ1v) is 8.15. The van der Waals surface area contributed by atoms with E-state index in [9.17, 15) is 4.79 Å². The van der Waals surface area contributed by atoms with E-state index in [1.165, 1.54) is 0 Å². The summed E-state index contributed by atoms with van der Waals surface area (Å²) in [5.74, 6) is -0.00675. The second kappa shape index (κ2) is 7.24.